The minimum Gasteiger partial charge on any atom is -0.390 e. The Morgan fingerprint density at radius 2 is 2.29 bits per heavy atom. The minimum absolute atomic E-state index is 0.221. The lowest BCUT2D eigenvalue weighted by molar-refractivity contribution is -0.117. The highest BCUT2D eigenvalue weighted by Crippen LogP contribution is 2.31. The first kappa shape index (κ1) is 14.0. The van der Waals surface area contributed by atoms with Crippen LogP contribution in [-0.2, 0) is 11.2 Å². The van der Waals surface area contributed by atoms with Gasteiger partial charge in [0, 0.05) is 17.9 Å². The van der Waals surface area contributed by atoms with Crippen molar-refractivity contribution in [1.82, 2.24) is 10.3 Å². The van der Waals surface area contributed by atoms with Crippen LogP contribution in [0.25, 0.3) is 6.08 Å². The quantitative estimate of drug-likeness (QED) is 0.855. The Morgan fingerprint density at radius 3 is 3.05 bits per heavy atom. The topological polar surface area (TPSA) is 62.2 Å². The van der Waals surface area contributed by atoms with Gasteiger partial charge in [0.25, 0.3) is 0 Å². The number of carbonyl (C=O) groups excluding carboxylic acids is 1. The summed E-state index contributed by atoms with van der Waals surface area (Å²) in [5.41, 5.74) is 2.87. The van der Waals surface area contributed by atoms with Gasteiger partial charge in [0.05, 0.1) is 22.8 Å². The molecule has 0 spiro atoms. The van der Waals surface area contributed by atoms with Crippen molar-refractivity contribution in [2.24, 2.45) is 0 Å². The van der Waals surface area contributed by atoms with Crippen LogP contribution in [0.15, 0.2) is 35.7 Å². The third-order valence-corrected chi connectivity index (χ3v) is 4.34. The van der Waals surface area contributed by atoms with Crippen molar-refractivity contribution in [3.8, 4) is 0 Å². The Hall–Kier alpha value is -1.98. The highest BCUT2D eigenvalue weighted by Gasteiger charge is 2.31. The highest BCUT2D eigenvalue weighted by atomic mass is 32.1. The summed E-state index contributed by atoms with van der Waals surface area (Å²) in [6, 6.07) is 7.46. The summed E-state index contributed by atoms with van der Waals surface area (Å²) < 4.78 is 0. The van der Waals surface area contributed by atoms with E-state index in [0.717, 1.165) is 21.8 Å². The molecular weight excluding hydrogens is 284 g/mol. The van der Waals surface area contributed by atoms with E-state index in [4.69, 9.17) is 0 Å². The molecule has 0 saturated heterocycles. The normalized spacial score (nSPS) is 20.7. The van der Waals surface area contributed by atoms with E-state index in [1.54, 1.807) is 17.4 Å². The second kappa shape index (κ2) is 5.79. The van der Waals surface area contributed by atoms with Crippen molar-refractivity contribution >= 4 is 23.3 Å². The molecule has 2 atom stereocenters. The average Bonchev–Trinajstić information content (AvgIpc) is 3.01. The molecule has 21 heavy (non-hydrogen) atoms. The maximum Gasteiger partial charge on any atom is 0.244 e. The number of nitrogens with one attached hydrogen (secondary N) is 1. The van der Waals surface area contributed by atoms with Gasteiger partial charge in [-0.3, -0.25) is 4.79 Å². The van der Waals surface area contributed by atoms with Gasteiger partial charge in [-0.15, -0.1) is 11.3 Å². The molecule has 1 aliphatic rings. The molecule has 5 heteroatoms. The number of hydrogen-bond donors (Lipinski definition) is 2. The van der Waals surface area contributed by atoms with Gasteiger partial charge < -0.3 is 10.4 Å². The monoisotopic (exact) mass is 300 g/mol. The van der Waals surface area contributed by atoms with Gasteiger partial charge in [-0.2, -0.15) is 0 Å². The maximum atomic E-state index is 12.0. The summed E-state index contributed by atoms with van der Waals surface area (Å²) >= 11 is 1.55. The van der Waals surface area contributed by atoms with Crippen LogP contribution in [0.5, 0.6) is 0 Å². The molecule has 1 aliphatic carbocycles. The number of aryl methyl sites for hydroxylation is 1. The standard InChI is InChI=1S/C16H16N2O2S/c1-10-17-12(9-21-10)6-7-15(20)18-16-13-5-3-2-4-11(13)8-14(16)19/h2-7,9,14,16,19H,8H2,1H3,(H,18,20). The molecule has 0 bridgehead atoms. The zero-order valence-electron chi connectivity index (χ0n) is 11.6. The number of fused-ring (bicyclic) bond motifs is 1. The fourth-order valence-corrected chi connectivity index (χ4v) is 3.15. The lowest BCUT2D eigenvalue weighted by Gasteiger charge is -2.16. The summed E-state index contributed by atoms with van der Waals surface area (Å²) in [5.74, 6) is -0.221. The Balaban J connectivity index is 1.69. The molecule has 0 fully saturated rings. The third kappa shape index (κ3) is 3.04. The first-order valence-corrected chi connectivity index (χ1v) is 7.68. The van der Waals surface area contributed by atoms with Crippen LogP contribution in [-0.4, -0.2) is 22.1 Å². The van der Waals surface area contributed by atoms with Gasteiger partial charge in [-0.1, -0.05) is 24.3 Å². The number of aliphatic hydroxyl groups excluding tert-OH is 1. The summed E-state index contributed by atoms with van der Waals surface area (Å²) in [4.78, 5) is 16.3. The molecule has 3 rings (SSSR count). The van der Waals surface area contributed by atoms with Crippen LogP contribution in [0.3, 0.4) is 0 Å². The number of rotatable bonds is 3. The van der Waals surface area contributed by atoms with E-state index in [1.165, 1.54) is 6.08 Å². The van der Waals surface area contributed by atoms with E-state index < -0.39 is 6.10 Å². The van der Waals surface area contributed by atoms with Crippen molar-refractivity contribution < 1.29 is 9.90 Å². The zero-order chi connectivity index (χ0) is 14.8. The van der Waals surface area contributed by atoms with Crippen molar-refractivity contribution in [1.29, 1.82) is 0 Å². The Morgan fingerprint density at radius 1 is 1.48 bits per heavy atom. The van der Waals surface area contributed by atoms with Crippen molar-refractivity contribution in [2.45, 2.75) is 25.5 Å². The predicted molar refractivity (Wildman–Crippen MR) is 82.9 cm³/mol. The smallest absolute Gasteiger partial charge is 0.244 e. The third-order valence-electron chi connectivity index (χ3n) is 3.54. The number of aliphatic hydroxyl groups is 1. The predicted octanol–water partition coefficient (Wildman–Crippen LogP) is 2.24. The summed E-state index contributed by atoms with van der Waals surface area (Å²) in [7, 11) is 0. The van der Waals surface area contributed by atoms with Gasteiger partial charge in [0.2, 0.25) is 5.91 Å². The number of amides is 1. The van der Waals surface area contributed by atoms with Gasteiger partial charge in [-0.25, -0.2) is 4.98 Å². The van der Waals surface area contributed by atoms with E-state index in [-0.39, 0.29) is 11.9 Å². The first-order chi connectivity index (χ1) is 10.1. The maximum absolute atomic E-state index is 12.0. The number of thiazole rings is 1. The minimum atomic E-state index is -0.568. The van der Waals surface area contributed by atoms with Crippen molar-refractivity contribution in [3.05, 3.63) is 57.6 Å². The van der Waals surface area contributed by atoms with Gasteiger partial charge >= 0.3 is 0 Å². The molecule has 1 amide bonds. The van der Waals surface area contributed by atoms with Crippen molar-refractivity contribution in [2.75, 3.05) is 0 Å². The molecule has 2 unspecified atom stereocenters. The number of benzene rings is 1. The number of aromatic nitrogens is 1. The van der Waals surface area contributed by atoms with Crippen molar-refractivity contribution in [3.63, 3.8) is 0 Å². The van der Waals surface area contributed by atoms with Crippen LogP contribution in [0.4, 0.5) is 0 Å². The van der Waals surface area contributed by atoms with Crippen LogP contribution in [0, 0.1) is 6.92 Å². The molecule has 2 N–H and O–H groups in total. The van der Waals surface area contributed by atoms with E-state index in [1.807, 2.05) is 36.6 Å². The van der Waals surface area contributed by atoms with Crippen LogP contribution in [0.1, 0.15) is 27.9 Å². The summed E-state index contributed by atoms with van der Waals surface area (Å²) in [5, 5.41) is 15.8. The number of hydrogen-bond acceptors (Lipinski definition) is 4. The molecule has 0 saturated carbocycles. The zero-order valence-corrected chi connectivity index (χ0v) is 12.4. The average molecular weight is 300 g/mol. The largest absolute Gasteiger partial charge is 0.390 e. The number of carbonyl (C=O) groups is 1. The summed E-state index contributed by atoms with van der Waals surface area (Å²) in [6.45, 7) is 1.92. The van der Waals surface area contributed by atoms with E-state index in [2.05, 4.69) is 10.3 Å². The second-order valence-corrected chi connectivity index (χ2v) is 6.14. The first-order valence-electron chi connectivity index (χ1n) is 6.80. The molecule has 1 heterocycles. The molecule has 2 aromatic rings. The Labute approximate surface area is 127 Å². The molecule has 0 aliphatic heterocycles. The molecule has 1 aromatic heterocycles. The molecule has 1 aromatic carbocycles. The van der Waals surface area contributed by atoms with E-state index in [9.17, 15) is 9.90 Å². The second-order valence-electron chi connectivity index (χ2n) is 5.08. The van der Waals surface area contributed by atoms with Gasteiger partial charge in [-0.05, 0) is 24.1 Å². The van der Waals surface area contributed by atoms with Crippen LogP contribution >= 0.6 is 11.3 Å². The number of nitrogens with zero attached hydrogens (tertiary/aromatic N) is 1. The lowest BCUT2D eigenvalue weighted by Crippen LogP contribution is -2.32. The molecular formula is C16H16N2O2S. The van der Waals surface area contributed by atoms with Crippen LogP contribution < -0.4 is 5.32 Å². The van der Waals surface area contributed by atoms with Gasteiger partial charge in [0.15, 0.2) is 0 Å². The van der Waals surface area contributed by atoms with Gasteiger partial charge in [0.1, 0.15) is 0 Å². The molecule has 0 radical (unpaired) electrons. The van der Waals surface area contributed by atoms with E-state index in [0.29, 0.717) is 6.42 Å². The fraction of sp³-hybridized carbons (Fsp3) is 0.250. The SMILES string of the molecule is Cc1nc(C=CC(=O)NC2c3ccccc3CC2O)cs1. The van der Waals surface area contributed by atoms with Crippen LogP contribution in [0.2, 0.25) is 0 Å². The Kier molecular flexibility index (Phi) is 3.86. The lowest BCUT2D eigenvalue weighted by atomic mass is 10.1. The molecule has 108 valence electrons. The summed E-state index contributed by atoms with van der Waals surface area (Å²) in [6.07, 6.45) is 3.16. The fourth-order valence-electron chi connectivity index (χ4n) is 2.57. The molecule has 4 nitrogen and oxygen atoms in total. The highest BCUT2D eigenvalue weighted by molar-refractivity contribution is 7.09. The Bertz CT molecular complexity index is 693. The van der Waals surface area contributed by atoms with E-state index >= 15 is 0 Å².